The van der Waals surface area contributed by atoms with Crippen molar-refractivity contribution >= 4 is 23.2 Å². The predicted molar refractivity (Wildman–Crippen MR) is 95.0 cm³/mol. The van der Waals surface area contributed by atoms with Crippen molar-refractivity contribution in [2.75, 3.05) is 19.6 Å². The first-order chi connectivity index (χ1) is 11.5. The summed E-state index contributed by atoms with van der Waals surface area (Å²) in [6, 6.07) is -0.293. The summed E-state index contributed by atoms with van der Waals surface area (Å²) in [5.41, 5.74) is 1.08. The van der Waals surface area contributed by atoms with Crippen LogP contribution in [0.2, 0.25) is 0 Å². The number of carbonyl (C=O) groups excluding carboxylic acids is 2. The van der Waals surface area contributed by atoms with Gasteiger partial charge in [0, 0.05) is 43.0 Å². The molecule has 0 radical (unpaired) electrons. The van der Waals surface area contributed by atoms with Gasteiger partial charge in [0.25, 0.3) is 0 Å². The van der Waals surface area contributed by atoms with Gasteiger partial charge in [-0.3, -0.25) is 9.59 Å². The first-order valence-electron chi connectivity index (χ1n) is 8.97. The van der Waals surface area contributed by atoms with Gasteiger partial charge in [-0.15, -0.1) is 11.3 Å². The second-order valence-corrected chi connectivity index (χ2v) is 8.20. The molecule has 2 aliphatic rings. The van der Waals surface area contributed by atoms with Crippen molar-refractivity contribution in [1.29, 1.82) is 0 Å². The fourth-order valence-corrected chi connectivity index (χ4v) is 4.80. The lowest BCUT2D eigenvalue weighted by Gasteiger charge is -2.37. The molecule has 2 fully saturated rings. The average molecular weight is 350 g/mol. The van der Waals surface area contributed by atoms with Gasteiger partial charge in [0.15, 0.2) is 0 Å². The van der Waals surface area contributed by atoms with Crippen LogP contribution in [0.3, 0.4) is 0 Å². The van der Waals surface area contributed by atoms with Gasteiger partial charge in [0.2, 0.25) is 11.8 Å². The Morgan fingerprint density at radius 1 is 1.29 bits per heavy atom. The van der Waals surface area contributed by atoms with E-state index in [1.54, 1.807) is 11.3 Å². The van der Waals surface area contributed by atoms with Gasteiger partial charge in [-0.05, 0) is 32.1 Å². The minimum atomic E-state index is -0.293. The topological polar surface area (TPSA) is 53.5 Å². The van der Waals surface area contributed by atoms with E-state index in [1.165, 1.54) is 5.01 Å². The number of piperidine rings is 1. The van der Waals surface area contributed by atoms with Gasteiger partial charge in [-0.1, -0.05) is 13.8 Å². The molecule has 5 nitrogen and oxygen atoms in total. The quantitative estimate of drug-likeness (QED) is 0.840. The number of amides is 2. The van der Waals surface area contributed by atoms with E-state index in [9.17, 15) is 9.59 Å². The highest BCUT2D eigenvalue weighted by molar-refractivity contribution is 7.09. The first-order valence-corrected chi connectivity index (χ1v) is 9.85. The molecule has 3 rings (SSSR count). The average Bonchev–Trinajstić information content (AvgIpc) is 3.16. The van der Waals surface area contributed by atoms with Gasteiger partial charge < -0.3 is 9.80 Å². The standard InChI is InChI=1S/C18H27N3O2S/c1-12(2)16(21-8-4-5-15(21)22)18(23)20-9-6-14(7-10-20)17-19-13(3)11-24-17/h11-12,14,16H,4-10H2,1-3H3/t16-/m1/s1. The Kier molecular flexibility index (Phi) is 5.23. The van der Waals surface area contributed by atoms with E-state index in [0.717, 1.165) is 44.6 Å². The van der Waals surface area contributed by atoms with Crippen LogP contribution >= 0.6 is 11.3 Å². The maximum absolute atomic E-state index is 13.0. The normalized spacial score (nSPS) is 20.9. The summed E-state index contributed by atoms with van der Waals surface area (Å²) in [6.45, 7) is 8.38. The minimum absolute atomic E-state index is 0.133. The number of carbonyl (C=O) groups is 2. The smallest absolute Gasteiger partial charge is 0.245 e. The van der Waals surface area contributed by atoms with Crippen LogP contribution in [0.4, 0.5) is 0 Å². The van der Waals surface area contributed by atoms with Gasteiger partial charge in [0.1, 0.15) is 6.04 Å². The second-order valence-electron chi connectivity index (χ2n) is 7.31. The molecule has 0 spiro atoms. The Morgan fingerprint density at radius 2 is 2.00 bits per heavy atom. The third-order valence-corrected chi connectivity index (χ3v) is 6.25. The number of aromatic nitrogens is 1. The number of hydrogen-bond donors (Lipinski definition) is 0. The monoisotopic (exact) mass is 349 g/mol. The Balaban J connectivity index is 1.63. The molecule has 0 bridgehead atoms. The summed E-state index contributed by atoms with van der Waals surface area (Å²) in [4.78, 5) is 33.5. The van der Waals surface area contributed by atoms with Gasteiger partial charge in [0.05, 0.1) is 5.01 Å². The van der Waals surface area contributed by atoms with Crippen molar-refractivity contribution in [1.82, 2.24) is 14.8 Å². The van der Waals surface area contributed by atoms with Gasteiger partial charge >= 0.3 is 0 Å². The van der Waals surface area contributed by atoms with Crippen LogP contribution in [0, 0.1) is 12.8 Å². The molecule has 6 heteroatoms. The highest BCUT2D eigenvalue weighted by Crippen LogP contribution is 2.31. The molecule has 0 saturated carbocycles. The molecule has 3 heterocycles. The summed E-state index contributed by atoms with van der Waals surface area (Å²) >= 11 is 1.73. The highest BCUT2D eigenvalue weighted by atomic mass is 32.1. The number of nitrogens with zero attached hydrogens (tertiary/aromatic N) is 3. The molecule has 24 heavy (non-hydrogen) atoms. The van der Waals surface area contributed by atoms with E-state index in [1.807, 2.05) is 30.6 Å². The lowest BCUT2D eigenvalue weighted by Crippen LogP contribution is -2.53. The highest BCUT2D eigenvalue weighted by Gasteiger charge is 2.38. The fourth-order valence-electron chi connectivity index (χ4n) is 3.84. The van der Waals surface area contributed by atoms with Crippen LogP contribution in [-0.4, -0.2) is 52.3 Å². The summed E-state index contributed by atoms with van der Waals surface area (Å²) in [5, 5.41) is 3.30. The van der Waals surface area contributed by atoms with Crippen molar-refractivity contribution in [3.8, 4) is 0 Å². The van der Waals surface area contributed by atoms with Gasteiger partial charge in [-0.2, -0.15) is 0 Å². The van der Waals surface area contributed by atoms with E-state index < -0.39 is 0 Å². The van der Waals surface area contributed by atoms with Crippen LogP contribution < -0.4 is 0 Å². The van der Waals surface area contributed by atoms with E-state index in [4.69, 9.17) is 0 Å². The van der Waals surface area contributed by atoms with Crippen LogP contribution in [0.15, 0.2) is 5.38 Å². The number of aryl methyl sites for hydroxylation is 1. The van der Waals surface area contributed by atoms with E-state index in [-0.39, 0.29) is 23.8 Å². The maximum Gasteiger partial charge on any atom is 0.245 e. The summed E-state index contributed by atoms with van der Waals surface area (Å²) in [5.74, 6) is 0.891. The van der Waals surface area contributed by atoms with E-state index in [2.05, 4.69) is 10.4 Å². The van der Waals surface area contributed by atoms with Crippen LogP contribution in [0.25, 0.3) is 0 Å². The van der Waals surface area contributed by atoms with Crippen LogP contribution in [0.1, 0.15) is 56.2 Å². The molecule has 1 aromatic heterocycles. The Labute approximate surface area is 148 Å². The van der Waals surface area contributed by atoms with Crippen molar-refractivity contribution in [3.05, 3.63) is 16.1 Å². The number of likely N-dealkylation sites (tertiary alicyclic amines) is 2. The number of rotatable bonds is 4. The Hall–Kier alpha value is -1.43. The summed E-state index contributed by atoms with van der Waals surface area (Å²) < 4.78 is 0. The second kappa shape index (κ2) is 7.21. The zero-order valence-electron chi connectivity index (χ0n) is 14.8. The Morgan fingerprint density at radius 3 is 2.50 bits per heavy atom. The minimum Gasteiger partial charge on any atom is -0.341 e. The van der Waals surface area contributed by atoms with Gasteiger partial charge in [-0.25, -0.2) is 4.98 Å². The largest absolute Gasteiger partial charge is 0.341 e. The third kappa shape index (κ3) is 3.48. The SMILES string of the molecule is Cc1csc(C2CCN(C(=O)[C@@H](C(C)C)N3CCCC3=O)CC2)n1. The number of thiazole rings is 1. The lowest BCUT2D eigenvalue weighted by atomic mass is 9.95. The van der Waals surface area contributed by atoms with Crippen molar-refractivity contribution in [2.24, 2.45) is 5.92 Å². The van der Waals surface area contributed by atoms with Crippen LogP contribution in [0.5, 0.6) is 0 Å². The van der Waals surface area contributed by atoms with Crippen molar-refractivity contribution < 1.29 is 9.59 Å². The maximum atomic E-state index is 13.0. The number of hydrogen-bond acceptors (Lipinski definition) is 4. The predicted octanol–water partition coefficient (Wildman–Crippen LogP) is 2.80. The molecule has 0 N–H and O–H groups in total. The fraction of sp³-hybridized carbons (Fsp3) is 0.722. The lowest BCUT2D eigenvalue weighted by molar-refractivity contribution is -0.146. The first kappa shape index (κ1) is 17.4. The van der Waals surface area contributed by atoms with E-state index in [0.29, 0.717) is 12.3 Å². The molecule has 0 aliphatic carbocycles. The molecule has 1 atom stereocenters. The molecule has 0 unspecified atom stereocenters. The summed E-state index contributed by atoms with van der Waals surface area (Å²) in [7, 11) is 0. The Bertz CT molecular complexity index is 605. The summed E-state index contributed by atoms with van der Waals surface area (Å²) in [6.07, 6.45) is 3.40. The van der Waals surface area contributed by atoms with E-state index >= 15 is 0 Å². The molecule has 2 saturated heterocycles. The zero-order valence-corrected chi connectivity index (χ0v) is 15.6. The molecule has 2 aliphatic heterocycles. The zero-order chi connectivity index (χ0) is 17.3. The molecule has 132 valence electrons. The third-order valence-electron chi connectivity index (χ3n) is 5.12. The molecular formula is C18H27N3O2S. The van der Waals surface area contributed by atoms with Crippen LogP contribution in [-0.2, 0) is 9.59 Å². The van der Waals surface area contributed by atoms with Crippen molar-refractivity contribution in [3.63, 3.8) is 0 Å². The molecular weight excluding hydrogens is 322 g/mol. The van der Waals surface area contributed by atoms with Crippen molar-refractivity contribution in [2.45, 2.75) is 58.4 Å². The molecule has 1 aromatic rings. The molecule has 0 aromatic carbocycles. The molecule has 2 amide bonds.